The van der Waals surface area contributed by atoms with Gasteiger partial charge in [0, 0.05) is 23.4 Å². The summed E-state index contributed by atoms with van der Waals surface area (Å²) in [5.41, 5.74) is 0.645. The summed E-state index contributed by atoms with van der Waals surface area (Å²) in [7, 11) is -3.12. The minimum absolute atomic E-state index is 0.214. The number of halogens is 1. The molecule has 5 heteroatoms. The van der Waals surface area contributed by atoms with Gasteiger partial charge in [0.1, 0.15) is 0 Å². The van der Waals surface area contributed by atoms with Crippen molar-refractivity contribution >= 4 is 27.1 Å². The monoisotopic (exact) mass is 261 g/mol. The summed E-state index contributed by atoms with van der Waals surface area (Å²) >= 11 is 5.79. The van der Waals surface area contributed by atoms with E-state index in [1.165, 1.54) is 6.26 Å². The average molecular weight is 262 g/mol. The fourth-order valence-electron chi connectivity index (χ4n) is 1.21. The zero-order valence-corrected chi connectivity index (χ0v) is 11.2. The second-order valence-corrected chi connectivity index (χ2v) is 6.72. The first-order valence-corrected chi connectivity index (χ1v) is 7.31. The molecule has 1 aromatic carbocycles. The molecule has 0 saturated heterocycles. The average Bonchev–Trinajstić information content (AvgIpc) is 2.16. The maximum atomic E-state index is 11.2. The van der Waals surface area contributed by atoms with Gasteiger partial charge in [0.05, 0.1) is 4.90 Å². The Bertz CT molecular complexity index is 451. The third kappa shape index (κ3) is 3.68. The van der Waals surface area contributed by atoms with E-state index >= 15 is 0 Å². The molecule has 0 spiro atoms. The number of rotatable bonds is 4. The van der Waals surface area contributed by atoms with Gasteiger partial charge in [-0.25, -0.2) is 8.42 Å². The van der Waals surface area contributed by atoms with Gasteiger partial charge >= 0.3 is 0 Å². The van der Waals surface area contributed by atoms with Gasteiger partial charge in [-0.15, -0.1) is 11.6 Å². The van der Waals surface area contributed by atoms with Crippen molar-refractivity contribution in [3.05, 3.63) is 24.3 Å². The van der Waals surface area contributed by atoms with E-state index in [1.54, 1.807) is 24.3 Å². The molecule has 1 rings (SSSR count). The van der Waals surface area contributed by atoms with Crippen molar-refractivity contribution in [3.63, 3.8) is 0 Å². The first kappa shape index (κ1) is 13.3. The molecule has 0 heterocycles. The van der Waals surface area contributed by atoms with Gasteiger partial charge in [-0.3, -0.25) is 0 Å². The summed E-state index contributed by atoms with van der Waals surface area (Å²) < 4.78 is 22.5. The van der Waals surface area contributed by atoms with Crippen LogP contribution in [0.3, 0.4) is 0 Å². The minimum Gasteiger partial charge on any atom is -0.379 e. The van der Waals surface area contributed by atoms with Crippen LogP contribution in [0.5, 0.6) is 0 Å². The molecule has 0 saturated carbocycles. The van der Waals surface area contributed by atoms with Crippen LogP contribution in [0, 0.1) is 0 Å². The summed E-state index contributed by atoms with van der Waals surface area (Å²) in [6, 6.07) is 6.65. The number of nitrogens with one attached hydrogen (secondary N) is 1. The number of hydrogen-bond donors (Lipinski definition) is 1. The molecular weight excluding hydrogens is 246 g/mol. The molecule has 0 fully saturated rings. The largest absolute Gasteiger partial charge is 0.379 e. The molecule has 1 aromatic rings. The van der Waals surface area contributed by atoms with Crippen LogP contribution in [0.2, 0.25) is 0 Å². The summed E-state index contributed by atoms with van der Waals surface area (Å²) in [6.07, 6.45) is 1.19. The Morgan fingerprint density at radius 3 is 2.12 bits per heavy atom. The Balaban J connectivity index is 2.89. The molecule has 0 radical (unpaired) electrons. The summed E-state index contributed by atoms with van der Waals surface area (Å²) in [4.78, 5) is 0.321. The normalized spacial score (nSPS) is 12.5. The fourth-order valence-corrected chi connectivity index (χ4v) is 1.91. The van der Waals surface area contributed by atoms with Gasteiger partial charge in [0.15, 0.2) is 9.84 Å². The van der Waals surface area contributed by atoms with Crippen molar-refractivity contribution in [2.45, 2.75) is 24.3 Å². The van der Waals surface area contributed by atoms with Crippen molar-refractivity contribution in [1.29, 1.82) is 0 Å². The van der Waals surface area contributed by atoms with Gasteiger partial charge in [-0.05, 0) is 38.1 Å². The van der Waals surface area contributed by atoms with E-state index in [0.29, 0.717) is 10.8 Å². The van der Waals surface area contributed by atoms with Crippen LogP contribution >= 0.6 is 11.6 Å². The minimum atomic E-state index is -3.12. The Morgan fingerprint density at radius 2 is 1.75 bits per heavy atom. The third-order valence-electron chi connectivity index (χ3n) is 2.10. The van der Waals surface area contributed by atoms with E-state index in [9.17, 15) is 8.42 Å². The highest BCUT2D eigenvalue weighted by atomic mass is 35.5. The Kier molecular flexibility index (Phi) is 3.86. The van der Waals surface area contributed by atoms with E-state index in [1.807, 2.05) is 13.8 Å². The molecule has 0 bridgehead atoms. The molecule has 0 aliphatic rings. The highest BCUT2D eigenvalue weighted by Gasteiger charge is 2.15. The Labute approximate surface area is 102 Å². The standard InChI is InChI=1S/C11H16ClNO2S/c1-11(2,8-12)13-9-4-6-10(7-5-9)16(3,14)15/h4-7,13H,8H2,1-3H3. The van der Waals surface area contributed by atoms with Crippen LogP contribution < -0.4 is 5.32 Å². The lowest BCUT2D eigenvalue weighted by Gasteiger charge is -2.24. The van der Waals surface area contributed by atoms with Gasteiger partial charge < -0.3 is 5.32 Å². The Morgan fingerprint density at radius 1 is 1.25 bits per heavy atom. The number of anilines is 1. The van der Waals surface area contributed by atoms with Crippen molar-refractivity contribution < 1.29 is 8.42 Å². The van der Waals surface area contributed by atoms with Crippen LogP contribution in [0.25, 0.3) is 0 Å². The molecule has 0 aliphatic carbocycles. The van der Waals surface area contributed by atoms with Crippen molar-refractivity contribution in [2.75, 3.05) is 17.5 Å². The van der Waals surface area contributed by atoms with E-state index in [4.69, 9.17) is 11.6 Å². The fraction of sp³-hybridized carbons (Fsp3) is 0.455. The quantitative estimate of drug-likeness (QED) is 0.848. The van der Waals surface area contributed by atoms with Gasteiger partial charge in [0.2, 0.25) is 0 Å². The first-order chi connectivity index (χ1) is 7.24. The van der Waals surface area contributed by atoms with Crippen molar-refractivity contribution in [1.82, 2.24) is 0 Å². The van der Waals surface area contributed by atoms with E-state index in [0.717, 1.165) is 5.69 Å². The summed E-state index contributed by atoms with van der Waals surface area (Å²) in [6.45, 7) is 3.95. The first-order valence-electron chi connectivity index (χ1n) is 4.89. The summed E-state index contributed by atoms with van der Waals surface area (Å²) in [5, 5.41) is 3.22. The van der Waals surface area contributed by atoms with Crippen molar-refractivity contribution in [3.8, 4) is 0 Å². The number of alkyl halides is 1. The predicted octanol–water partition coefficient (Wildman–Crippen LogP) is 2.52. The topological polar surface area (TPSA) is 46.2 Å². The van der Waals surface area contributed by atoms with E-state index in [2.05, 4.69) is 5.32 Å². The number of hydrogen-bond acceptors (Lipinski definition) is 3. The smallest absolute Gasteiger partial charge is 0.175 e. The molecule has 0 aromatic heterocycles. The molecule has 16 heavy (non-hydrogen) atoms. The van der Waals surface area contributed by atoms with Crippen LogP contribution in [-0.4, -0.2) is 26.1 Å². The zero-order chi connectivity index (χ0) is 12.4. The lowest BCUT2D eigenvalue weighted by atomic mass is 10.1. The molecule has 0 amide bonds. The molecular formula is C11H16ClNO2S. The van der Waals surface area contributed by atoms with E-state index in [-0.39, 0.29) is 5.54 Å². The molecule has 0 atom stereocenters. The van der Waals surface area contributed by atoms with Crippen molar-refractivity contribution in [2.24, 2.45) is 0 Å². The molecule has 1 N–H and O–H groups in total. The second kappa shape index (κ2) is 4.63. The van der Waals surface area contributed by atoms with Gasteiger partial charge in [-0.1, -0.05) is 0 Å². The van der Waals surface area contributed by atoms with Gasteiger partial charge in [0.25, 0.3) is 0 Å². The Hall–Kier alpha value is -0.740. The molecule has 90 valence electrons. The second-order valence-electron chi connectivity index (χ2n) is 4.44. The molecule has 3 nitrogen and oxygen atoms in total. The van der Waals surface area contributed by atoms with Crippen LogP contribution in [0.15, 0.2) is 29.2 Å². The predicted molar refractivity (Wildman–Crippen MR) is 68.0 cm³/mol. The van der Waals surface area contributed by atoms with Gasteiger partial charge in [-0.2, -0.15) is 0 Å². The lowest BCUT2D eigenvalue weighted by molar-refractivity contribution is 0.602. The van der Waals surface area contributed by atoms with E-state index < -0.39 is 9.84 Å². The highest BCUT2D eigenvalue weighted by Crippen LogP contribution is 2.18. The van der Waals surface area contributed by atoms with Crippen LogP contribution in [-0.2, 0) is 9.84 Å². The zero-order valence-electron chi connectivity index (χ0n) is 9.62. The maximum absolute atomic E-state index is 11.2. The third-order valence-corrected chi connectivity index (χ3v) is 3.90. The molecule has 0 unspecified atom stereocenters. The highest BCUT2D eigenvalue weighted by molar-refractivity contribution is 7.90. The summed E-state index contributed by atoms with van der Waals surface area (Å²) in [5.74, 6) is 0.473. The van der Waals surface area contributed by atoms with Crippen LogP contribution in [0.1, 0.15) is 13.8 Å². The number of sulfone groups is 1. The maximum Gasteiger partial charge on any atom is 0.175 e. The molecule has 0 aliphatic heterocycles. The number of benzene rings is 1. The lowest BCUT2D eigenvalue weighted by Crippen LogP contribution is -2.32. The SMILES string of the molecule is CC(C)(CCl)Nc1ccc(S(C)(=O)=O)cc1. The van der Waals surface area contributed by atoms with Crippen LogP contribution in [0.4, 0.5) is 5.69 Å².